The van der Waals surface area contributed by atoms with Gasteiger partial charge in [0.25, 0.3) is 0 Å². The summed E-state index contributed by atoms with van der Waals surface area (Å²) in [6.45, 7) is 2.12. The van der Waals surface area contributed by atoms with Gasteiger partial charge < -0.3 is 5.32 Å². The molecular formula is C13H17Cl3F4N2. The molecule has 0 saturated carbocycles. The summed E-state index contributed by atoms with van der Waals surface area (Å²) in [6, 6.07) is 2.82. The van der Waals surface area contributed by atoms with Gasteiger partial charge in [-0.05, 0) is 12.1 Å². The monoisotopic (exact) mass is 382 g/mol. The second kappa shape index (κ2) is 9.13. The van der Waals surface area contributed by atoms with Crippen molar-refractivity contribution >= 4 is 36.4 Å². The maximum Gasteiger partial charge on any atom is 0.390 e. The topological polar surface area (TPSA) is 15.3 Å². The van der Waals surface area contributed by atoms with E-state index >= 15 is 0 Å². The molecule has 1 N–H and O–H groups in total. The fraction of sp³-hybridized carbons (Fsp3) is 0.538. The van der Waals surface area contributed by atoms with Crippen LogP contribution >= 0.6 is 36.4 Å². The lowest BCUT2D eigenvalue weighted by Gasteiger charge is -2.35. The summed E-state index contributed by atoms with van der Waals surface area (Å²) in [5.41, 5.74) is 0.0497. The lowest BCUT2D eigenvalue weighted by molar-refractivity contribution is -0.149. The zero-order valence-electron chi connectivity index (χ0n) is 11.5. The number of nitrogens with zero attached hydrogens (tertiary/aromatic N) is 1. The van der Waals surface area contributed by atoms with Gasteiger partial charge in [0.2, 0.25) is 0 Å². The minimum atomic E-state index is -4.35. The molecule has 0 aliphatic carbocycles. The van der Waals surface area contributed by atoms with Crippen molar-refractivity contribution in [2.45, 2.75) is 18.6 Å². The maximum atomic E-state index is 13.9. The Balaban J connectivity index is 0.00000220. The highest BCUT2D eigenvalue weighted by atomic mass is 35.5. The first kappa shape index (κ1) is 21.7. The molecule has 2 nitrogen and oxygen atoms in total. The van der Waals surface area contributed by atoms with Crippen molar-refractivity contribution in [3.8, 4) is 0 Å². The zero-order chi connectivity index (χ0) is 14.8. The molecule has 0 unspecified atom stereocenters. The van der Waals surface area contributed by atoms with Crippen molar-refractivity contribution in [1.29, 1.82) is 0 Å². The highest BCUT2D eigenvalue weighted by Crippen LogP contribution is 2.35. The minimum absolute atomic E-state index is 0. The van der Waals surface area contributed by atoms with Gasteiger partial charge >= 0.3 is 6.18 Å². The van der Waals surface area contributed by atoms with Gasteiger partial charge in [0, 0.05) is 42.8 Å². The number of halogens is 7. The van der Waals surface area contributed by atoms with Crippen LogP contribution in [0.3, 0.4) is 0 Å². The smallest absolute Gasteiger partial charge is 0.314 e. The number of benzene rings is 1. The normalized spacial score (nSPS) is 17.3. The third-order valence-corrected chi connectivity index (χ3v) is 3.57. The van der Waals surface area contributed by atoms with Gasteiger partial charge in [-0.25, -0.2) is 4.39 Å². The molecule has 1 aliphatic heterocycles. The Morgan fingerprint density at radius 3 is 2.27 bits per heavy atom. The van der Waals surface area contributed by atoms with Crippen LogP contribution in [-0.4, -0.2) is 37.3 Å². The summed E-state index contributed by atoms with van der Waals surface area (Å²) in [5.74, 6) is -0.690. The van der Waals surface area contributed by atoms with Crippen molar-refractivity contribution < 1.29 is 17.6 Å². The van der Waals surface area contributed by atoms with Gasteiger partial charge in [-0.2, -0.15) is 13.2 Å². The third-order valence-electron chi connectivity index (χ3n) is 3.34. The van der Waals surface area contributed by atoms with Crippen molar-refractivity contribution in [2.75, 3.05) is 26.2 Å². The van der Waals surface area contributed by atoms with Gasteiger partial charge in [-0.3, -0.25) is 4.90 Å². The fourth-order valence-corrected chi connectivity index (χ4v) is 2.58. The molecule has 0 aromatic heterocycles. The van der Waals surface area contributed by atoms with Crippen LogP contribution in [0.25, 0.3) is 0 Å². The van der Waals surface area contributed by atoms with Crippen LogP contribution < -0.4 is 5.32 Å². The molecule has 1 aromatic rings. The van der Waals surface area contributed by atoms with Crippen molar-refractivity contribution in [3.05, 3.63) is 34.6 Å². The summed E-state index contributed by atoms with van der Waals surface area (Å²) in [5, 5.41) is 3.25. The first-order valence-electron chi connectivity index (χ1n) is 6.33. The largest absolute Gasteiger partial charge is 0.390 e. The van der Waals surface area contributed by atoms with Gasteiger partial charge in [-0.1, -0.05) is 17.7 Å². The molecule has 1 saturated heterocycles. The van der Waals surface area contributed by atoms with Gasteiger partial charge in [0.05, 0.1) is 6.42 Å². The molecule has 1 atom stereocenters. The molecule has 128 valence electrons. The second-order valence-electron chi connectivity index (χ2n) is 4.79. The van der Waals surface area contributed by atoms with Crippen molar-refractivity contribution in [2.24, 2.45) is 0 Å². The predicted octanol–water partition coefficient (Wildman–Crippen LogP) is 4.22. The average molecular weight is 384 g/mol. The third kappa shape index (κ3) is 6.08. The molecule has 0 spiro atoms. The van der Waals surface area contributed by atoms with Gasteiger partial charge in [-0.15, -0.1) is 24.8 Å². The quantitative estimate of drug-likeness (QED) is 0.786. The van der Waals surface area contributed by atoms with Crippen molar-refractivity contribution in [3.63, 3.8) is 0 Å². The Kier molecular flexibility index (Phi) is 9.02. The molecule has 1 aliphatic rings. The summed E-state index contributed by atoms with van der Waals surface area (Å²) in [6.07, 6.45) is -5.41. The Labute approximate surface area is 144 Å². The van der Waals surface area contributed by atoms with Gasteiger partial charge in [0.15, 0.2) is 0 Å². The Bertz CT molecular complexity index is 465. The standard InChI is InChI=1S/C13H15ClF4N2.2ClH/c14-9-1-2-10(11(15)7-9)12(8-13(16,17)18)20-5-3-19-4-6-20;;/h1-2,7,12,19H,3-6,8H2;2*1H/t12-;;/m0../s1. The van der Waals surface area contributed by atoms with Crippen LogP contribution in [0.4, 0.5) is 17.6 Å². The summed E-state index contributed by atoms with van der Waals surface area (Å²) >= 11 is 5.65. The van der Waals surface area contributed by atoms with Crippen LogP contribution in [-0.2, 0) is 0 Å². The molecule has 0 bridgehead atoms. The summed E-state index contributed by atoms with van der Waals surface area (Å²) in [7, 11) is 0. The Morgan fingerprint density at radius 2 is 1.77 bits per heavy atom. The lowest BCUT2D eigenvalue weighted by Crippen LogP contribution is -2.46. The highest BCUT2D eigenvalue weighted by molar-refractivity contribution is 6.30. The number of nitrogens with one attached hydrogen (secondary N) is 1. The Hall–Kier alpha value is -0.270. The molecule has 9 heteroatoms. The number of rotatable bonds is 3. The fourth-order valence-electron chi connectivity index (χ4n) is 2.42. The van der Waals surface area contributed by atoms with E-state index in [1.807, 2.05) is 0 Å². The summed E-state index contributed by atoms with van der Waals surface area (Å²) in [4.78, 5) is 1.66. The second-order valence-corrected chi connectivity index (χ2v) is 5.22. The van der Waals surface area contributed by atoms with E-state index in [4.69, 9.17) is 11.6 Å². The maximum absolute atomic E-state index is 13.9. The van der Waals surface area contributed by atoms with Crippen molar-refractivity contribution in [1.82, 2.24) is 10.2 Å². The SMILES string of the molecule is Cl.Cl.Fc1cc(Cl)ccc1[C@H](CC(F)(F)F)N1CCNCC1. The molecule has 1 fully saturated rings. The Morgan fingerprint density at radius 1 is 1.18 bits per heavy atom. The first-order chi connectivity index (χ1) is 9.37. The number of hydrogen-bond acceptors (Lipinski definition) is 2. The molecule has 22 heavy (non-hydrogen) atoms. The molecule has 2 rings (SSSR count). The number of hydrogen-bond donors (Lipinski definition) is 1. The lowest BCUT2D eigenvalue weighted by atomic mass is 10.00. The number of alkyl halides is 3. The van der Waals surface area contributed by atoms with E-state index in [1.165, 1.54) is 12.1 Å². The van der Waals surface area contributed by atoms with E-state index in [1.54, 1.807) is 4.90 Å². The number of piperazine rings is 1. The van der Waals surface area contributed by atoms with Gasteiger partial charge in [0.1, 0.15) is 5.82 Å². The highest BCUT2D eigenvalue weighted by Gasteiger charge is 2.37. The van der Waals surface area contributed by atoms with E-state index in [2.05, 4.69) is 5.32 Å². The predicted molar refractivity (Wildman–Crippen MR) is 83.8 cm³/mol. The van der Waals surface area contributed by atoms with Crippen LogP contribution in [0.15, 0.2) is 18.2 Å². The van der Waals surface area contributed by atoms with Crippen LogP contribution in [0.2, 0.25) is 5.02 Å². The van der Waals surface area contributed by atoms with E-state index in [0.717, 1.165) is 6.07 Å². The zero-order valence-corrected chi connectivity index (χ0v) is 13.9. The molecular weight excluding hydrogens is 367 g/mol. The molecule has 1 heterocycles. The minimum Gasteiger partial charge on any atom is -0.314 e. The first-order valence-corrected chi connectivity index (χ1v) is 6.71. The van der Waals surface area contributed by atoms with E-state index in [-0.39, 0.29) is 35.4 Å². The average Bonchev–Trinajstić information content (AvgIpc) is 2.36. The van der Waals surface area contributed by atoms with E-state index < -0.39 is 24.5 Å². The van der Waals surface area contributed by atoms with Crippen LogP contribution in [0, 0.1) is 5.82 Å². The van der Waals surface area contributed by atoms with E-state index in [9.17, 15) is 17.6 Å². The van der Waals surface area contributed by atoms with Crippen LogP contribution in [0.5, 0.6) is 0 Å². The molecule has 0 amide bonds. The van der Waals surface area contributed by atoms with Crippen LogP contribution in [0.1, 0.15) is 18.0 Å². The van der Waals surface area contributed by atoms with E-state index in [0.29, 0.717) is 26.2 Å². The summed E-state index contributed by atoms with van der Waals surface area (Å²) < 4.78 is 52.2. The molecule has 0 radical (unpaired) electrons. The molecule has 1 aromatic carbocycles.